The van der Waals surface area contributed by atoms with E-state index in [0.29, 0.717) is 13.3 Å². The maximum absolute atomic E-state index is 12.3. The Bertz CT molecular complexity index is 1150. The Morgan fingerprint density at radius 2 is 1.94 bits per heavy atom. The average Bonchev–Trinajstić information content (AvgIpc) is 3.05. The van der Waals surface area contributed by atoms with Gasteiger partial charge in [-0.05, 0) is 50.2 Å². The third-order valence-electron chi connectivity index (χ3n) is 5.74. The van der Waals surface area contributed by atoms with Crippen LogP contribution in [0.2, 0.25) is 0 Å². The summed E-state index contributed by atoms with van der Waals surface area (Å²) in [5, 5.41) is 12.1. The number of nitrogens with zero attached hydrogens (tertiary/aromatic N) is 3. The second kappa shape index (κ2) is 8.39. The van der Waals surface area contributed by atoms with E-state index in [1.807, 2.05) is 19.1 Å². The quantitative estimate of drug-likeness (QED) is 0.337. The fourth-order valence-electron chi connectivity index (χ4n) is 4.16. The van der Waals surface area contributed by atoms with Crippen molar-refractivity contribution in [2.45, 2.75) is 33.7 Å². The Morgan fingerprint density at radius 1 is 1.19 bits per heavy atom. The molecule has 2 heterocycles. The molecule has 4 rings (SSSR count). The van der Waals surface area contributed by atoms with Crippen LogP contribution in [0.25, 0.3) is 16.6 Å². The van der Waals surface area contributed by atoms with Gasteiger partial charge in [-0.3, -0.25) is 19.8 Å². The van der Waals surface area contributed by atoms with Crippen molar-refractivity contribution in [2.24, 2.45) is 0 Å². The smallest absolute Gasteiger partial charge is 0.310 e. The van der Waals surface area contributed by atoms with Crippen molar-refractivity contribution in [2.75, 3.05) is 19.9 Å². The maximum Gasteiger partial charge on any atom is 0.310 e. The van der Waals surface area contributed by atoms with Gasteiger partial charge in [0.05, 0.1) is 23.5 Å². The number of fused-ring (bicyclic) bond motifs is 3. The number of ether oxygens (including phenoxy) is 2. The molecule has 8 nitrogen and oxygen atoms in total. The second-order valence-corrected chi connectivity index (χ2v) is 7.51. The normalized spacial score (nSPS) is 13.6. The molecule has 2 aromatic carbocycles. The van der Waals surface area contributed by atoms with Crippen LogP contribution in [0.3, 0.4) is 0 Å². The molecule has 31 heavy (non-hydrogen) atoms. The number of hydrogen-bond acceptors (Lipinski definition) is 6. The van der Waals surface area contributed by atoms with Crippen molar-refractivity contribution in [1.29, 1.82) is 0 Å². The Kier molecular flexibility index (Phi) is 5.65. The zero-order chi connectivity index (χ0) is 22.1. The molecule has 1 aromatic heterocycles. The van der Waals surface area contributed by atoms with Crippen LogP contribution in [-0.2, 0) is 22.5 Å². The summed E-state index contributed by atoms with van der Waals surface area (Å²) in [5.74, 6) is 0.540. The maximum atomic E-state index is 12.3. The zero-order valence-corrected chi connectivity index (χ0v) is 17.9. The van der Waals surface area contributed by atoms with E-state index >= 15 is 0 Å². The molecule has 0 atom stereocenters. The highest BCUT2D eigenvalue weighted by molar-refractivity contribution is 5.94. The third-order valence-corrected chi connectivity index (χ3v) is 5.74. The highest BCUT2D eigenvalue weighted by Crippen LogP contribution is 2.38. The molecular formula is C23H25N3O5. The van der Waals surface area contributed by atoms with Crippen molar-refractivity contribution in [1.82, 2.24) is 9.47 Å². The molecule has 1 aliphatic heterocycles. The monoisotopic (exact) mass is 423 g/mol. The van der Waals surface area contributed by atoms with Gasteiger partial charge in [0.25, 0.3) is 5.69 Å². The first kappa shape index (κ1) is 20.9. The predicted octanol–water partition coefficient (Wildman–Crippen LogP) is 4.12. The molecule has 0 bridgehead atoms. The fourth-order valence-corrected chi connectivity index (χ4v) is 4.16. The Balaban J connectivity index is 1.95. The van der Waals surface area contributed by atoms with E-state index in [0.717, 1.165) is 52.3 Å². The van der Waals surface area contributed by atoms with E-state index in [9.17, 15) is 14.9 Å². The van der Waals surface area contributed by atoms with Crippen molar-refractivity contribution in [3.63, 3.8) is 0 Å². The van der Waals surface area contributed by atoms with E-state index in [2.05, 4.69) is 16.4 Å². The molecule has 8 heteroatoms. The number of rotatable bonds is 6. The van der Waals surface area contributed by atoms with Crippen molar-refractivity contribution in [3.8, 4) is 11.4 Å². The van der Waals surface area contributed by atoms with Gasteiger partial charge >= 0.3 is 5.97 Å². The zero-order valence-electron chi connectivity index (χ0n) is 17.9. The number of carbonyl (C=O) groups excluding carboxylic acids is 1. The summed E-state index contributed by atoms with van der Waals surface area (Å²) in [6, 6.07) is 10.4. The highest BCUT2D eigenvalue weighted by atomic mass is 16.6. The predicted molar refractivity (Wildman–Crippen MR) is 117 cm³/mol. The molecule has 0 aliphatic carbocycles. The Hall–Kier alpha value is -3.39. The number of benzene rings is 2. The molecule has 0 N–H and O–H groups in total. The van der Waals surface area contributed by atoms with Crippen LogP contribution in [0.4, 0.5) is 5.69 Å². The van der Waals surface area contributed by atoms with Crippen LogP contribution in [0.15, 0.2) is 36.4 Å². The lowest BCUT2D eigenvalue weighted by Crippen LogP contribution is -2.32. The summed E-state index contributed by atoms with van der Waals surface area (Å²) in [4.78, 5) is 25.2. The van der Waals surface area contributed by atoms with Gasteiger partial charge in [-0.25, -0.2) is 0 Å². The van der Waals surface area contributed by atoms with Gasteiger partial charge in [0, 0.05) is 41.0 Å². The van der Waals surface area contributed by atoms with Crippen LogP contribution >= 0.6 is 0 Å². The first-order valence-electron chi connectivity index (χ1n) is 10.4. The number of nitro benzene ring substituents is 1. The van der Waals surface area contributed by atoms with Crippen LogP contribution in [0.1, 0.15) is 30.7 Å². The molecular weight excluding hydrogens is 398 g/mol. The molecule has 0 saturated heterocycles. The van der Waals surface area contributed by atoms with Gasteiger partial charge in [0.2, 0.25) is 0 Å². The standard InChI is InChI=1S/C23H25N3O5/c1-4-24-13-20-21(31-14-24)11-10-18-19(12-22(27)30-5-2)15(3)25(23(18)20)16-6-8-17(9-7-16)26(28)29/h6-11H,4-5,12-14H2,1-3H3. The van der Waals surface area contributed by atoms with Crippen molar-refractivity contribution >= 4 is 22.6 Å². The third kappa shape index (κ3) is 3.74. The van der Waals surface area contributed by atoms with Gasteiger partial charge < -0.3 is 14.0 Å². The summed E-state index contributed by atoms with van der Waals surface area (Å²) in [6.45, 7) is 8.26. The van der Waals surface area contributed by atoms with Crippen molar-refractivity contribution in [3.05, 3.63) is 63.3 Å². The molecule has 0 saturated carbocycles. The topological polar surface area (TPSA) is 86.8 Å². The Labute approximate surface area is 180 Å². The second-order valence-electron chi connectivity index (χ2n) is 7.51. The summed E-state index contributed by atoms with van der Waals surface area (Å²) >= 11 is 0. The number of carbonyl (C=O) groups is 1. The molecule has 3 aromatic rings. The van der Waals surface area contributed by atoms with Gasteiger partial charge in [-0.1, -0.05) is 6.92 Å². The van der Waals surface area contributed by atoms with Crippen molar-refractivity contribution < 1.29 is 19.2 Å². The van der Waals surface area contributed by atoms with Gasteiger partial charge in [-0.2, -0.15) is 0 Å². The summed E-state index contributed by atoms with van der Waals surface area (Å²) in [7, 11) is 0. The first-order chi connectivity index (χ1) is 14.9. The molecule has 0 radical (unpaired) electrons. The summed E-state index contributed by atoms with van der Waals surface area (Å²) in [6.07, 6.45) is 0.160. The molecule has 0 fully saturated rings. The fraction of sp³-hybridized carbons (Fsp3) is 0.348. The number of non-ortho nitro benzene ring substituents is 1. The summed E-state index contributed by atoms with van der Waals surface area (Å²) < 4.78 is 13.2. The number of nitro groups is 1. The van der Waals surface area contributed by atoms with Crippen LogP contribution in [0.5, 0.6) is 5.75 Å². The minimum atomic E-state index is -0.411. The molecule has 0 unspecified atom stereocenters. The van der Waals surface area contributed by atoms with E-state index in [-0.39, 0.29) is 18.1 Å². The van der Waals surface area contributed by atoms with E-state index < -0.39 is 4.92 Å². The lowest BCUT2D eigenvalue weighted by atomic mass is 10.0. The number of esters is 1. The van der Waals surface area contributed by atoms with Crippen LogP contribution in [0, 0.1) is 17.0 Å². The first-order valence-corrected chi connectivity index (χ1v) is 10.4. The largest absolute Gasteiger partial charge is 0.478 e. The van der Waals surface area contributed by atoms with E-state index in [1.165, 1.54) is 12.1 Å². The summed E-state index contributed by atoms with van der Waals surface area (Å²) in [5.41, 5.74) is 4.63. The molecule has 0 amide bonds. The van der Waals surface area contributed by atoms with Gasteiger partial charge in [0.15, 0.2) is 0 Å². The lowest BCUT2D eigenvalue weighted by Gasteiger charge is -2.29. The van der Waals surface area contributed by atoms with E-state index in [4.69, 9.17) is 9.47 Å². The minimum absolute atomic E-state index is 0.0344. The Morgan fingerprint density at radius 3 is 2.58 bits per heavy atom. The minimum Gasteiger partial charge on any atom is -0.478 e. The van der Waals surface area contributed by atoms with Gasteiger partial charge in [0.1, 0.15) is 12.5 Å². The molecule has 162 valence electrons. The molecule has 0 spiro atoms. The lowest BCUT2D eigenvalue weighted by molar-refractivity contribution is -0.384. The van der Waals surface area contributed by atoms with Gasteiger partial charge in [-0.15, -0.1) is 0 Å². The van der Waals surface area contributed by atoms with E-state index in [1.54, 1.807) is 19.1 Å². The SMILES string of the molecule is CCOC(=O)Cc1c(C)n(-c2ccc([N+](=O)[O-])cc2)c2c3c(ccc12)OCN(CC)C3. The number of aromatic nitrogens is 1. The van der Waals surface area contributed by atoms with Crippen LogP contribution in [-0.4, -0.2) is 40.2 Å². The molecule has 1 aliphatic rings. The average molecular weight is 423 g/mol. The number of hydrogen-bond donors (Lipinski definition) is 0. The van der Waals surface area contributed by atoms with Crippen LogP contribution < -0.4 is 4.74 Å². The highest BCUT2D eigenvalue weighted by Gasteiger charge is 2.26.